The number of aryl methyl sites for hydroxylation is 2. The monoisotopic (exact) mass is 377 g/mol. The fourth-order valence-corrected chi connectivity index (χ4v) is 4.29. The first-order chi connectivity index (χ1) is 13.6. The third-order valence-corrected chi connectivity index (χ3v) is 5.55. The number of hydrogen-bond donors (Lipinski definition) is 1. The number of nitrogens with zero attached hydrogens (tertiary/aromatic N) is 2. The Hall–Kier alpha value is -2.66. The van der Waals surface area contributed by atoms with Crippen molar-refractivity contribution in [2.24, 2.45) is 0 Å². The average molecular weight is 377 g/mol. The molecular formula is C23H27N3O2. The maximum atomic E-state index is 13.0. The molecule has 0 spiro atoms. The molecule has 1 fully saturated rings. The Bertz CT molecular complexity index is 865. The topological polar surface area (TPSA) is 52.7 Å². The van der Waals surface area contributed by atoms with E-state index in [0.717, 1.165) is 31.5 Å². The van der Waals surface area contributed by atoms with Crippen molar-refractivity contribution < 1.29 is 9.59 Å². The molecule has 1 N–H and O–H groups in total. The van der Waals surface area contributed by atoms with Crippen molar-refractivity contribution >= 4 is 17.5 Å². The third-order valence-electron chi connectivity index (χ3n) is 5.55. The van der Waals surface area contributed by atoms with Crippen molar-refractivity contribution in [1.82, 2.24) is 10.2 Å². The van der Waals surface area contributed by atoms with Crippen LogP contribution in [0.1, 0.15) is 23.1 Å². The van der Waals surface area contributed by atoms with Gasteiger partial charge in [0.2, 0.25) is 11.8 Å². The van der Waals surface area contributed by atoms with E-state index in [4.69, 9.17) is 0 Å². The molecule has 5 heteroatoms. The first kappa shape index (κ1) is 18.7. The molecule has 0 radical (unpaired) electrons. The highest BCUT2D eigenvalue weighted by molar-refractivity contribution is 5.96. The van der Waals surface area contributed by atoms with Gasteiger partial charge < -0.3 is 10.2 Å². The summed E-state index contributed by atoms with van der Waals surface area (Å²) >= 11 is 0. The highest BCUT2D eigenvalue weighted by atomic mass is 16.2. The number of amides is 2. The summed E-state index contributed by atoms with van der Waals surface area (Å²) in [6.07, 6.45) is 2.79. The van der Waals surface area contributed by atoms with Gasteiger partial charge in [-0.05, 0) is 43.4 Å². The predicted molar refractivity (Wildman–Crippen MR) is 110 cm³/mol. The lowest BCUT2D eigenvalue weighted by Crippen LogP contribution is -2.57. The first-order valence-corrected chi connectivity index (χ1v) is 10.0. The zero-order valence-electron chi connectivity index (χ0n) is 16.4. The van der Waals surface area contributed by atoms with Crippen LogP contribution in [0.25, 0.3) is 0 Å². The number of anilines is 1. The minimum absolute atomic E-state index is 0.00495. The second-order valence-electron chi connectivity index (χ2n) is 7.90. The van der Waals surface area contributed by atoms with Crippen LogP contribution in [-0.2, 0) is 22.4 Å². The third kappa shape index (κ3) is 4.25. The summed E-state index contributed by atoms with van der Waals surface area (Å²) in [4.78, 5) is 29.1. The molecule has 1 saturated heterocycles. The molecule has 2 aromatic rings. The molecule has 146 valence electrons. The van der Waals surface area contributed by atoms with Gasteiger partial charge in [0.05, 0.1) is 13.1 Å². The number of carbonyl (C=O) groups is 2. The molecular weight excluding hydrogens is 350 g/mol. The van der Waals surface area contributed by atoms with Crippen molar-refractivity contribution in [2.75, 3.05) is 31.1 Å². The standard InChI is InChI=1S/C23H27N3O2/c1-17-9-10-21-19(12-17)8-5-11-26(21)23(28)16-25-14-20(24-22(27)15-25)13-18-6-3-2-4-7-18/h2-4,6-7,9-10,12,20H,5,8,11,13-16H2,1H3,(H,24,27)/t20-/m0/s1. The summed E-state index contributed by atoms with van der Waals surface area (Å²) in [7, 11) is 0. The number of hydrogen-bond acceptors (Lipinski definition) is 3. The molecule has 2 amide bonds. The van der Waals surface area contributed by atoms with E-state index in [0.29, 0.717) is 6.54 Å². The van der Waals surface area contributed by atoms with Crippen molar-refractivity contribution in [2.45, 2.75) is 32.2 Å². The summed E-state index contributed by atoms with van der Waals surface area (Å²) in [5, 5.41) is 3.06. The second-order valence-corrected chi connectivity index (χ2v) is 7.90. The fourth-order valence-electron chi connectivity index (χ4n) is 4.29. The quantitative estimate of drug-likeness (QED) is 0.890. The van der Waals surface area contributed by atoms with E-state index >= 15 is 0 Å². The predicted octanol–water partition coefficient (Wildman–Crippen LogP) is 2.32. The van der Waals surface area contributed by atoms with Crippen LogP contribution in [0.4, 0.5) is 5.69 Å². The van der Waals surface area contributed by atoms with Gasteiger partial charge in [0.25, 0.3) is 0 Å². The van der Waals surface area contributed by atoms with E-state index in [1.165, 1.54) is 16.7 Å². The smallest absolute Gasteiger partial charge is 0.241 e. The lowest BCUT2D eigenvalue weighted by atomic mass is 9.99. The molecule has 2 aliphatic rings. The normalized spacial score (nSPS) is 19.8. The van der Waals surface area contributed by atoms with Gasteiger partial charge in [-0.1, -0.05) is 48.0 Å². The molecule has 2 aromatic carbocycles. The lowest BCUT2D eigenvalue weighted by Gasteiger charge is -2.35. The first-order valence-electron chi connectivity index (χ1n) is 10.0. The van der Waals surface area contributed by atoms with Crippen LogP contribution in [0, 0.1) is 6.92 Å². The summed E-state index contributed by atoms with van der Waals surface area (Å²) in [5.74, 6) is 0.0765. The van der Waals surface area contributed by atoms with Crippen molar-refractivity contribution in [3.8, 4) is 0 Å². The number of nitrogens with one attached hydrogen (secondary N) is 1. The molecule has 0 bridgehead atoms. The highest BCUT2D eigenvalue weighted by Gasteiger charge is 2.29. The van der Waals surface area contributed by atoms with Gasteiger partial charge in [0, 0.05) is 24.8 Å². The summed E-state index contributed by atoms with van der Waals surface area (Å²) in [5.41, 5.74) is 4.70. The largest absolute Gasteiger partial charge is 0.351 e. The molecule has 2 heterocycles. The molecule has 1 atom stereocenters. The Kier molecular flexibility index (Phi) is 5.44. The Morgan fingerprint density at radius 1 is 1.18 bits per heavy atom. The maximum Gasteiger partial charge on any atom is 0.241 e. The molecule has 0 saturated carbocycles. The van der Waals surface area contributed by atoms with Gasteiger partial charge in [-0.15, -0.1) is 0 Å². The van der Waals surface area contributed by atoms with Crippen LogP contribution >= 0.6 is 0 Å². The SMILES string of the molecule is Cc1ccc2c(c1)CCCN2C(=O)CN1CC(=O)N[C@@H](Cc2ccccc2)C1. The number of carbonyl (C=O) groups excluding carboxylic acids is 2. The van der Waals surface area contributed by atoms with Gasteiger partial charge in [-0.25, -0.2) is 0 Å². The van der Waals surface area contributed by atoms with Gasteiger partial charge in [0.1, 0.15) is 0 Å². The molecule has 28 heavy (non-hydrogen) atoms. The fraction of sp³-hybridized carbons (Fsp3) is 0.391. The van der Waals surface area contributed by atoms with Crippen molar-refractivity contribution in [3.05, 3.63) is 65.2 Å². The van der Waals surface area contributed by atoms with E-state index in [9.17, 15) is 9.59 Å². The zero-order chi connectivity index (χ0) is 19.5. The van der Waals surface area contributed by atoms with Gasteiger partial charge >= 0.3 is 0 Å². The van der Waals surface area contributed by atoms with Gasteiger partial charge in [-0.3, -0.25) is 14.5 Å². The summed E-state index contributed by atoms with van der Waals surface area (Å²) in [6, 6.07) is 16.5. The van der Waals surface area contributed by atoms with E-state index in [2.05, 4.69) is 42.6 Å². The van der Waals surface area contributed by atoms with E-state index in [1.807, 2.05) is 28.0 Å². The lowest BCUT2D eigenvalue weighted by molar-refractivity contribution is -0.127. The molecule has 2 aliphatic heterocycles. The number of rotatable bonds is 4. The van der Waals surface area contributed by atoms with Crippen LogP contribution in [0.3, 0.4) is 0 Å². The average Bonchev–Trinajstić information content (AvgIpc) is 2.67. The molecule has 0 aromatic heterocycles. The molecule has 0 unspecified atom stereocenters. The Morgan fingerprint density at radius 2 is 2.00 bits per heavy atom. The number of piperazine rings is 1. The molecule has 4 rings (SSSR count). The van der Waals surface area contributed by atoms with Crippen LogP contribution in [0.5, 0.6) is 0 Å². The minimum Gasteiger partial charge on any atom is -0.351 e. The van der Waals surface area contributed by atoms with Gasteiger partial charge in [0.15, 0.2) is 0 Å². The maximum absolute atomic E-state index is 13.0. The number of benzene rings is 2. The van der Waals surface area contributed by atoms with Crippen LogP contribution in [-0.4, -0.2) is 48.9 Å². The summed E-state index contributed by atoms with van der Waals surface area (Å²) in [6.45, 7) is 4.10. The van der Waals surface area contributed by atoms with Gasteiger partial charge in [-0.2, -0.15) is 0 Å². The minimum atomic E-state index is -0.00495. The van der Waals surface area contributed by atoms with E-state index < -0.39 is 0 Å². The molecule has 5 nitrogen and oxygen atoms in total. The van der Waals surface area contributed by atoms with Crippen LogP contribution in [0.15, 0.2) is 48.5 Å². The molecule has 0 aliphatic carbocycles. The zero-order valence-corrected chi connectivity index (χ0v) is 16.4. The van der Waals surface area contributed by atoms with Crippen molar-refractivity contribution in [3.63, 3.8) is 0 Å². The Morgan fingerprint density at radius 3 is 2.82 bits per heavy atom. The summed E-state index contributed by atoms with van der Waals surface area (Å²) < 4.78 is 0. The van der Waals surface area contributed by atoms with Crippen molar-refractivity contribution in [1.29, 1.82) is 0 Å². The van der Waals surface area contributed by atoms with Crippen LogP contribution in [0.2, 0.25) is 0 Å². The highest BCUT2D eigenvalue weighted by Crippen LogP contribution is 2.28. The number of fused-ring (bicyclic) bond motifs is 1. The van der Waals surface area contributed by atoms with Crippen LogP contribution < -0.4 is 10.2 Å². The van der Waals surface area contributed by atoms with E-state index in [-0.39, 0.29) is 30.9 Å². The van der Waals surface area contributed by atoms with E-state index in [1.54, 1.807) is 0 Å². The second kappa shape index (κ2) is 8.15. The Balaban J connectivity index is 1.42. The Labute approximate surface area is 166 Å².